The number of rotatable bonds is 12. The van der Waals surface area contributed by atoms with Gasteiger partial charge in [0, 0.05) is 33.1 Å². The summed E-state index contributed by atoms with van der Waals surface area (Å²) in [6.45, 7) is 2.14. The summed E-state index contributed by atoms with van der Waals surface area (Å²) in [5.74, 6) is 0.291. The van der Waals surface area contributed by atoms with Crippen molar-refractivity contribution in [1.29, 1.82) is 0 Å². The second kappa shape index (κ2) is 12.5. The van der Waals surface area contributed by atoms with E-state index < -0.39 is 20.0 Å². The van der Waals surface area contributed by atoms with Crippen LogP contribution >= 0.6 is 0 Å². The van der Waals surface area contributed by atoms with Crippen LogP contribution in [0.3, 0.4) is 0 Å². The predicted molar refractivity (Wildman–Crippen MR) is 130 cm³/mol. The molecular weight excluding hydrogens is 494 g/mol. The molecule has 0 radical (unpaired) electrons. The highest BCUT2D eigenvalue weighted by molar-refractivity contribution is 7.89. The molecule has 2 aromatic carbocycles. The van der Waals surface area contributed by atoms with Crippen molar-refractivity contribution in [3.8, 4) is 5.75 Å². The number of nitrogens with zero attached hydrogens (tertiary/aromatic N) is 2. The molecule has 1 fully saturated rings. The third-order valence-corrected chi connectivity index (χ3v) is 9.24. The summed E-state index contributed by atoms with van der Waals surface area (Å²) in [5, 5.41) is 2.73. The summed E-state index contributed by atoms with van der Waals surface area (Å²) < 4.78 is 63.6. The van der Waals surface area contributed by atoms with Crippen molar-refractivity contribution in [3.05, 3.63) is 54.6 Å². The van der Waals surface area contributed by atoms with Crippen LogP contribution in [0, 0.1) is 0 Å². The van der Waals surface area contributed by atoms with Crippen molar-refractivity contribution in [2.75, 3.05) is 53.0 Å². The van der Waals surface area contributed by atoms with E-state index in [0.717, 1.165) is 0 Å². The molecule has 192 valence electrons. The summed E-state index contributed by atoms with van der Waals surface area (Å²) in [5.41, 5.74) is 0. The number of carbonyl (C=O) groups excluding carboxylic acids is 1. The average Bonchev–Trinajstić information content (AvgIpc) is 2.88. The summed E-state index contributed by atoms with van der Waals surface area (Å²) in [6, 6.07) is 14.3. The molecule has 0 aliphatic carbocycles. The number of benzene rings is 2. The molecule has 10 nitrogen and oxygen atoms in total. The molecule has 1 aliphatic heterocycles. The van der Waals surface area contributed by atoms with Crippen LogP contribution in [0.15, 0.2) is 64.4 Å². The maximum absolute atomic E-state index is 12.6. The largest absolute Gasteiger partial charge is 0.492 e. The quantitative estimate of drug-likeness (QED) is 0.415. The molecule has 1 aliphatic rings. The molecule has 35 heavy (non-hydrogen) atoms. The van der Waals surface area contributed by atoms with E-state index in [9.17, 15) is 21.6 Å². The smallest absolute Gasteiger partial charge is 0.243 e. The molecule has 1 amide bonds. The van der Waals surface area contributed by atoms with E-state index in [1.54, 1.807) is 30.3 Å². The fraction of sp³-hybridized carbons (Fsp3) is 0.435. The number of amides is 1. The maximum Gasteiger partial charge on any atom is 0.243 e. The zero-order valence-electron chi connectivity index (χ0n) is 19.6. The molecule has 1 heterocycles. The third kappa shape index (κ3) is 7.48. The van der Waals surface area contributed by atoms with Gasteiger partial charge in [-0.05, 0) is 42.8 Å². The van der Waals surface area contributed by atoms with Crippen LogP contribution < -0.4 is 10.1 Å². The van der Waals surface area contributed by atoms with Gasteiger partial charge in [-0.3, -0.25) is 4.79 Å². The molecule has 0 aromatic heterocycles. The monoisotopic (exact) mass is 525 g/mol. The summed E-state index contributed by atoms with van der Waals surface area (Å²) in [4.78, 5) is 12.5. The van der Waals surface area contributed by atoms with Crippen LogP contribution in [0.4, 0.5) is 0 Å². The van der Waals surface area contributed by atoms with E-state index in [1.165, 1.54) is 39.9 Å². The van der Waals surface area contributed by atoms with Gasteiger partial charge in [0.1, 0.15) is 12.4 Å². The van der Waals surface area contributed by atoms with Crippen LogP contribution in [0.2, 0.25) is 0 Å². The fourth-order valence-corrected chi connectivity index (χ4v) is 6.08. The van der Waals surface area contributed by atoms with Crippen LogP contribution in [-0.2, 0) is 29.6 Å². The standard InChI is InChI=1S/C23H31N3O7S2/c1-25(34(28,29)21-6-3-2-4-7-21)14-5-8-23(27)24-13-17-33-20-9-11-22(12-10-20)35(30,31)26-15-18-32-19-16-26/h2-4,6-7,9-12H,5,8,13-19H2,1H3,(H,24,27). The van der Waals surface area contributed by atoms with Crippen LogP contribution in [0.25, 0.3) is 0 Å². The molecule has 0 saturated carbocycles. The molecule has 3 rings (SSSR count). The van der Waals surface area contributed by atoms with Gasteiger partial charge in [0.25, 0.3) is 0 Å². The molecular formula is C23H31N3O7S2. The minimum atomic E-state index is -3.57. The Morgan fingerprint density at radius 2 is 1.66 bits per heavy atom. The van der Waals surface area contributed by atoms with Crippen LogP contribution in [-0.4, -0.2) is 84.4 Å². The van der Waals surface area contributed by atoms with Crippen molar-refractivity contribution < 1.29 is 31.1 Å². The van der Waals surface area contributed by atoms with E-state index in [4.69, 9.17) is 9.47 Å². The molecule has 0 spiro atoms. The van der Waals surface area contributed by atoms with E-state index >= 15 is 0 Å². The summed E-state index contributed by atoms with van der Waals surface area (Å²) >= 11 is 0. The third-order valence-electron chi connectivity index (χ3n) is 5.45. The Morgan fingerprint density at radius 3 is 2.31 bits per heavy atom. The van der Waals surface area contributed by atoms with Gasteiger partial charge in [-0.2, -0.15) is 4.31 Å². The Bertz CT molecular complexity index is 1170. The van der Waals surface area contributed by atoms with Gasteiger partial charge in [-0.15, -0.1) is 0 Å². The fourth-order valence-electron chi connectivity index (χ4n) is 3.45. The van der Waals surface area contributed by atoms with Crippen LogP contribution in [0.1, 0.15) is 12.8 Å². The Labute approximate surface area is 206 Å². The topological polar surface area (TPSA) is 122 Å². The first-order valence-corrected chi connectivity index (χ1v) is 14.2. The normalized spacial score (nSPS) is 15.1. The second-order valence-corrected chi connectivity index (χ2v) is 11.9. The lowest BCUT2D eigenvalue weighted by atomic mass is 10.3. The lowest BCUT2D eigenvalue weighted by molar-refractivity contribution is -0.121. The number of nitrogens with one attached hydrogen (secondary N) is 1. The van der Waals surface area contributed by atoms with Crippen molar-refractivity contribution in [3.63, 3.8) is 0 Å². The summed E-state index contributed by atoms with van der Waals surface area (Å²) in [7, 11) is -5.64. The molecule has 0 bridgehead atoms. The lowest BCUT2D eigenvalue weighted by Crippen LogP contribution is -2.40. The lowest BCUT2D eigenvalue weighted by Gasteiger charge is -2.26. The zero-order chi connectivity index (χ0) is 25.3. The van der Waals surface area contributed by atoms with Crippen molar-refractivity contribution >= 4 is 26.0 Å². The number of morpholine rings is 1. The number of sulfonamides is 2. The van der Waals surface area contributed by atoms with Gasteiger partial charge in [-0.25, -0.2) is 21.1 Å². The first kappa shape index (κ1) is 27.1. The van der Waals surface area contributed by atoms with Gasteiger partial charge in [0.2, 0.25) is 26.0 Å². The highest BCUT2D eigenvalue weighted by atomic mass is 32.2. The second-order valence-electron chi connectivity index (χ2n) is 7.93. The molecule has 1 N–H and O–H groups in total. The average molecular weight is 526 g/mol. The number of carbonyl (C=O) groups is 1. The number of hydrogen-bond donors (Lipinski definition) is 1. The van der Waals surface area contributed by atoms with Gasteiger partial charge in [0.15, 0.2) is 0 Å². The highest BCUT2D eigenvalue weighted by Crippen LogP contribution is 2.20. The van der Waals surface area contributed by atoms with Crippen molar-refractivity contribution in [1.82, 2.24) is 13.9 Å². The SMILES string of the molecule is CN(CCCC(=O)NCCOc1ccc(S(=O)(=O)N2CCOCC2)cc1)S(=O)(=O)c1ccccc1. The molecule has 12 heteroatoms. The molecule has 0 unspecified atom stereocenters. The molecule has 0 atom stereocenters. The Hall–Kier alpha value is -2.51. The van der Waals surface area contributed by atoms with E-state index in [0.29, 0.717) is 38.5 Å². The van der Waals surface area contributed by atoms with E-state index in [2.05, 4.69) is 5.32 Å². The zero-order valence-corrected chi connectivity index (χ0v) is 21.3. The number of hydrogen-bond acceptors (Lipinski definition) is 7. The molecule has 1 saturated heterocycles. The first-order valence-electron chi connectivity index (χ1n) is 11.3. The van der Waals surface area contributed by atoms with Gasteiger partial charge >= 0.3 is 0 Å². The minimum absolute atomic E-state index is 0.183. The molecule has 2 aromatic rings. The Morgan fingerprint density at radius 1 is 1.00 bits per heavy atom. The minimum Gasteiger partial charge on any atom is -0.492 e. The van der Waals surface area contributed by atoms with Gasteiger partial charge < -0.3 is 14.8 Å². The van der Waals surface area contributed by atoms with Gasteiger partial charge in [0.05, 0.1) is 29.5 Å². The maximum atomic E-state index is 12.6. The predicted octanol–water partition coefficient (Wildman–Crippen LogP) is 1.30. The first-order chi connectivity index (χ1) is 16.7. The van der Waals surface area contributed by atoms with Crippen molar-refractivity contribution in [2.45, 2.75) is 22.6 Å². The van der Waals surface area contributed by atoms with E-state index in [1.807, 2.05) is 0 Å². The van der Waals surface area contributed by atoms with Gasteiger partial charge in [-0.1, -0.05) is 18.2 Å². The van der Waals surface area contributed by atoms with E-state index in [-0.39, 0.29) is 41.8 Å². The number of ether oxygens (including phenoxy) is 2. The Balaban J connectivity index is 1.35. The summed E-state index contributed by atoms with van der Waals surface area (Å²) in [6.07, 6.45) is 0.567. The highest BCUT2D eigenvalue weighted by Gasteiger charge is 2.26. The van der Waals surface area contributed by atoms with Crippen molar-refractivity contribution in [2.24, 2.45) is 0 Å². The van der Waals surface area contributed by atoms with Crippen LogP contribution in [0.5, 0.6) is 5.75 Å². The Kier molecular flexibility index (Phi) is 9.63.